The number of carboxylic acids is 1. The van der Waals surface area contributed by atoms with Crippen LogP contribution in [0, 0.1) is 17.8 Å². The first kappa shape index (κ1) is 96.9. The maximum atomic E-state index is 15.0. The van der Waals surface area contributed by atoms with Crippen molar-refractivity contribution in [3.05, 3.63) is 71.9 Å². The fourth-order valence-electron chi connectivity index (χ4n) is 11.4. The number of H-pyrrole nitrogens is 1. The number of carbonyl (C=O) groups is 18. The second kappa shape index (κ2) is 48.6. The molecule has 3 rings (SSSR count). The summed E-state index contributed by atoms with van der Waals surface area (Å²) >= 11 is 1.32. The fourth-order valence-corrected chi connectivity index (χ4v) is 11.9. The van der Waals surface area contributed by atoms with Gasteiger partial charge in [0.15, 0.2) is 0 Å². The van der Waals surface area contributed by atoms with Crippen LogP contribution in [0.5, 0.6) is 0 Å². The SMILES string of the molecule is CC[C@H](C)[C@H](NC(=O)[C@H](CCSC)NC(=O)[C@H](Cc1c[nH]c2ccccc12)NC(=O)[C@H](CCCCN)NC(=O)[C@H](C)NC(=O)[C@H](CC(C)C)NC(=O)[C@@H](NC(=O)[C@H](CC(N)=O)NC(=O)[C@H](CC(=O)O)NC(=O)[C@H](CC(N)=O)NC(=O)[C@@H](N)C(C)C)[C@@H](C)O)C(=O)N[C@@H](Cc1ccccc1)C(=O)N[C@@H](CC(N)=O)C(=O)NCC(N)=O. The molecule has 17 amide bonds. The lowest BCUT2D eigenvalue weighted by atomic mass is 9.96. The average Bonchev–Trinajstić information content (AvgIpc) is 1.60. The van der Waals surface area contributed by atoms with Crippen molar-refractivity contribution in [3.8, 4) is 0 Å². The van der Waals surface area contributed by atoms with E-state index >= 15 is 4.79 Å². The van der Waals surface area contributed by atoms with E-state index in [-0.39, 0.29) is 57.2 Å². The number of nitrogens with one attached hydrogen (secondary N) is 14. The molecule has 114 heavy (non-hydrogen) atoms. The minimum Gasteiger partial charge on any atom is -0.481 e. The number of aliphatic hydroxyl groups is 1. The maximum Gasteiger partial charge on any atom is 0.305 e. The molecule has 2 aromatic carbocycles. The van der Waals surface area contributed by atoms with Gasteiger partial charge in [-0.15, -0.1) is 0 Å². The highest BCUT2D eigenvalue weighted by Gasteiger charge is 2.40. The van der Waals surface area contributed by atoms with Crippen LogP contribution in [0.4, 0.5) is 0 Å². The van der Waals surface area contributed by atoms with E-state index in [1.807, 2.05) is 0 Å². The van der Waals surface area contributed by atoms with Gasteiger partial charge in [-0.05, 0) is 99.5 Å². The Bertz CT molecular complexity index is 3860. The standard InChI is InChI=1S/C73H112N20O20S/c1-10-37(6)59(72(112)91-47(27-40-18-12-11-13-19-40)66(106)86-49(29-53(75)95)62(102)81-34-56(78)98)92-64(104)45(23-25-114-9)84-67(107)48(28-41-33-80-43-21-15-14-20-42(41)43)85-63(103)44(22-16-17-24-74)83-61(101)38(7)82-65(105)46(26-35(2)3)90-73(113)60(39(8)94)93-70(110)51(31-55(77)97)87-69(109)52(32-57(99)100)88-68(108)50(30-54(76)96)89-71(111)58(79)36(4)5/h11-15,18-21,33,35-39,44-52,58-60,80,94H,10,16-17,22-32,34,74,79H2,1-9H3,(H2,75,95)(H2,76,96)(H2,77,97)(H2,78,98)(H,81,102)(H,82,105)(H,83,101)(H,84,107)(H,85,103)(H,86,106)(H,87,109)(H,88,108)(H,89,111)(H,90,113)(H,91,112)(H,92,104)(H,93,110)(H,99,100)/t37-,38-,39+,44-,45-,46-,47-,48-,49-,50-,51-,52-,58-,59-,60-/m0/s1. The van der Waals surface area contributed by atoms with E-state index in [2.05, 4.69) is 74.1 Å². The van der Waals surface area contributed by atoms with Gasteiger partial charge >= 0.3 is 5.97 Å². The van der Waals surface area contributed by atoms with Crippen molar-refractivity contribution < 1.29 is 96.5 Å². The van der Waals surface area contributed by atoms with E-state index in [0.717, 1.165) is 6.92 Å². The van der Waals surface area contributed by atoms with Crippen LogP contribution < -0.4 is 104 Å². The predicted molar refractivity (Wildman–Crippen MR) is 416 cm³/mol. The van der Waals surface area contributed by atoms with E-state index in [4.69, 9.17) is 34.4 Å². The first-order valence-electron chi connectivity index (χ1n) is 37.1. The number of thioether (sulfide) groups is 1. The first-order chi connectivity index (χ1) is 53.6. The number of hydrogen-bond acceptors (Lipinski definition) is 22. The van der Waals surface area contributed by atoms with Gasteiger partial charge in [-0.2, -0.15) is 11.8 Å². The molecule has 1 heterocycles. The summed E-state index contributed by atoms with van der Waals surface area (Å²) in [5.41, 5.74) is 34.8. The molecule has 0 saturated heterocycles. The normalized spacial score (nSPS) is 15.1. The summed E-state index contributed by atoms with van der Waals surface area (Å²) in [6.45, 7) is 11.7. The van der Waals surface area contributed by atoms with Gasteiger partial charge in [-0.1, -0.05) is 96.5 Å². The zero-order valence-corrected chi connectivity index (χ0v) is 66.1. The summed E-state index contributed by atoms with van der Waals surface area (Å²) in [7, 11) is 0. The molecular formula is C73H112N20O20S. The minimum atomic E-state index is -2.09. The lowest BCUT2D eigenvalue weighted by Gasteiger charge is -2.30. The molecule has 3 aromatic rings. The number of nitrogens with two attached hydrogens (primary N) is 6. The molecule has 0 spiro atoms. The molecule has 15 atom stereocenters. The fraction of sp³-hybridized carbons (Fsp3) is 0.562. The van der Waals surface area contributed by atoms with Crippen LogP contribution in [0.15, 0.2) is 60.8 Å². The lowest BCUT2D eigenvalue weighted by molar-refractivity contribution is -0.142. The largest absolute Gasteiger partial charge is 0.481 e. The number of primary amides is 4. The lowest BCUT2D eigenvalue weighted by Crippen LogP contribution is -2.62. The Morgan fingerprint density at radius 3 is 1.40 bits per heavy atom. The number of hydrogen-bond donors (Lipinski definition) is 22. The molecule has 0 fully saturated rings. The van der Waals surface area contributed by atoms with Gasteiger partial charge in [0.05, 0.1) is 44.4 Å². The van der Waals surface area contributed by atoms with Crippen LogP contribution in [-0.4, -0.2) is 231 Å². The number of aromatic nitrogens is 1. The maximum absolute atomic E-state index is 15.0. The predicted octanol–water partition coefficient (Wildman–Crippen LogP) is -6.17. The van der Waals surface area contributed by atoms with Gasteiger partial charge in [0.1, 0.15) is 72.5 Å². The number of amides is 17. The molecule has 0 radical (unpaired) electrons. The summed E-state index contributed by atoms with van der Waals surface area (Å²) in [6.07, 6.45) is -1.99. The smallest absolute Gasteiger partial charge is 0.305 e. The van der Waals surface area contributed by atoms with Crippen LogP contribution in [0.1, 0.15) is 131 Å². The molecular weight excluding hydrogens is 1510 g/mol. The highest BCUT2D eigenvalue weighted by Crippen LogP contribution is 2.21. The quantitative estimate of drug-likeness (QED) is 0.0234. The second-order valence-electron chi connectivity index (χ2n) is 28.4. The molecule has 630 valence electrons. The summed E-state index contributed by atoms with van der Waals surface area (Å²) in [5.74, 6) is -20.8. The number of carboxylic acid groups (broad SMARTS) is 1. The minimum absolute atomic E-state index is 0.0321. The topological polar surface area (TPSA) is 676 Å². The Labute approximate surface area is 663 Å². The van der Waals surface area contributed by atoms with Crippen LogP contribution in [0.25, 0.3) is 10.9 Å². The van der Waals surface area contributed by atoms with Gasteiger partial charge in [-0.3, -0.25) is 86.3 Å². The first-order valence-corrected chi connectivity index (χ1v) is 38.5. The van der Waals surface area contributed by atoms with Crippen molar-refractivity contribution in [2.45, 2.75) is 217 Å². The third-order valence-corrected chi connectivity index (χ3v) is 18.6. The summed E-state index contributed by atoms with van der Waals surface area (Å²) in [6, 6.07) is -5.55. The number of rotatable bonds is 52. The molecule has 0 bridgehead atoms. The highest BCUT2D eigenvalue weighted by molar-refractivity contribution is 7.98. The third-order valence-electron chi connectivity index (χ3n) is 18.0. The van der Waals surface area contributed by atoms with Crippen molar-refractivity contribution in [3.63, 3.8) is 0 Å². The monoisotopic (exact) mass is 1620 g/mol. The third kappa shape index (κ3) is 33.5. The Morgan fingerprint density at radius 2 is 0.886 bits per heavy atom. The number of aromatic amines is 1. The van der Waals surface area contributed by atoms with Gasteiger partial charge in [0.25, 0.3) is 0 Å². The second-order valence-corrected chi connectivity index (χ2v) is 29.4. The van der Waals surface area contributed by atoms with Crippen molar-refractivity contribution >= 4 is 129 Å². The number of benzene rings is 2. The molecule has 0 unspecified atom stereocenters. The van der Waals surface area contributed by atoms with Crippen LogP contribution in [0.3, 0.4) is 0 Å². The van der Waals surface area contributed by atoms with E-state index in [9.17, 15) is 91.7 Å². The highest BCUT2D eigenvalue weighted by atomic mass is 32.2. The molecule has 0 aliphatic carbocycles. The average molecular weight is 1620 g/mol. The number of aliphatic carboxylic acids is 1. The number of para-hydroxylation sites is 1. The molecule has 0 saturated carbocycles. The Kier molecular flexibility index (Phi) is 41.3. The zero-order valence-electron chi connectivity index (χ0n) is 65.3. The van der Waals surface area contributed by atoms with Crippen LogP contribution >= 0.6 is 11.8 Å². The summed E-state index contributed by atoms with van der Waals surface area (Å²) in [4.78, 5) is 246. The van der Waals surface area contributed by atoms with Gasteiger partial charge in [-0.25, -0.2) is 0 Å². The van der Waals surface area contributed by atoms with E-state index in [1.165, 1.54) is 18.7 Å². The Balaban J connectivity index is 1.96. The molecule has 1 aromatic heterocycles. The molecule has 28 N–H and O–H groups in total. The molecule has 0 aliphatic heterocycles. The molecule has 41 heteroatoms. The van der Waals surface area contributed by atoms with Crippen molar-refractivity contribution in [2.75, 3.05) is 25.1 Å². The Morgan fingerprint density at radius 1 is 0.456 bits per heavy atom. The van der Waals surface area contributed by atoms with Gasteiger partial charge in [0.2, 0.25) is 100 Å². The van der Waals surface area contributed by atoms with Crippen LogP contribution in [-0.2, 0) is 99.1 Å². The molecule has 0 aliphatic rings. The van der Waals surface area contributed by atoms with Gasteiger partial charge in [0, 0.05) is 29.9 Å². The number of carbonyl (C=O) groups excluding carboxylic acids is 17. The summed E-state index contributed by atoms with van der Waals surface area (Å²) < 4.78 is 0. The van der Waals surface area contributed by atoms with Gasteiger partial charge < -0.3 is 119 Å². The summed E-state index contributed by atoms with van der Waals surface area (Å²) in [5, 5.41) is 53.0. The van der Waals surface area contributed by atoms with E-state index in [1.54, 1.807) is 109 Å². The van der Waals surface area contributed by atoms with Crippen LogP contribution in [0.2, 0.25) is 0 Å². The van der Waals surface area contributed by atoms with Crippen molar-refractivity contribution in [1.82, 2.24) is 74.1 Å². The van der Waals surface area contributed by atoms with Crippen molar-refractivity contribution in [2.24, 2.45) is 52.2 Å². The zero-order chi connectivity index (χ0) is 85.8. The van der Waals surface area contributed by atoms with E-state index in [0.29, 0.717) is 28.5 Å². The number of aliphatic hydroxyl groups excluding tert-OH is 1. The molecule has 40 nitrogen and oxygen atoms in total. The number of unbranched alkanes of at least 4 members (excludes halogenated alkanes) is 1. The van der Waals surface area contributed by atoms with Crippen molar-refractivity contribution in [1.29, 1.82) is 0 Å². The van der Waals surface area contributed by atoms with E-state index < -0.39 is 241 Å². The number of fused-ring (bicyclic) bond motifs is 1. The Hall–Kier alpha value is -11.3.